The molecule has 3 heterocycles. The van der Waals surface area contributed by atoms with Crippen molar-refractivity contribution in [2.45, 2.75) is 31.9 Å². The number of anilines is 1. The summed E-state index contributed by atoms with van der Waals surface area (Å²) in [6.45, 7) is 2.13. The number of hydrogen-bond donors (Lipinski definition) is 0. The molecule has 2 aliphatic rings. The SMILES string of the molecule is COc1cc(N2CC(C(=O)N(Cc3cccs3)CC3CCCO3)CC2=O)cc(OC)c1OC. The number of amides is 2. The fraction of sp³-hybridized carbons (Fsp3) is 0.500. The zero-order valence-electron chi connectivity index (χ0n) is 19.2. The van der Waals surface area contributed by atoms with E-state index in [0.717, 1.165) is 24.3 Å². The Morgan fingerprint density at radius 3 is 2.55 bits per heavy atom. The largest absolute Gasteiger partial charge is 0.493 e. The Bertz CT molecular complexity index is 948. The van der Waals surface area contributed by atoms with E-state index < -0.39 is 5.92 Å². The zero-order chi connectivity index (χ0) is 23.4. The second-order valence-corrected chi connectivity index (χ2v) is 9.25. The Morgan fingerprint density at radius 1 is 1.21 bits per heavy atom. The Morgan fingerprint density at radius 2 is 1.97 bits per heavy atom. The van der Waals surface area contributed by atoms with Crippen LogP contribution in [0.5, 0.6) is 17.2 Å². The summed E-state index contributed by atoms with van der Waals surface area (Å²) in [5.41, 5.74) is 0.619. The Labute approximate surface area is 198 Å². The van der Waals surface area contributed by atoms with Crippen LogP contribution in [0, 0.1) is 5.92 Å². The Hall–Kier alpha value is -2.78. The number of carbonyl (C=O) groups is 2. The van der Waals surface area contributed by atoms with E-state index >= 15 is 0 Å². The average Bonchev–Trinajstić information content (AvgIpc) is 3.60. The molecule has 9 heteroatoms. The summed E-state index contributed by atoms with van der Waals surface area (Å²) >= 11 is 1.63. The van der Waals surface area contributed by atoms with Crippen LogP contribution >= 0.6 is 11.3 Å². The lowest BCUT2D eigenvalue weighted by Gasteiger charge is -2.27. The van der Waals surface area contributed by atoms with Gasteiger partial charge in [-0.15, -0.1) is 11.3 Å². The van der Waals surface area contributed by atoms with Crippen LogP contribution in [0.15, 0.2) is 29.6 Å². The summed E-state index contributed by atoms with van der Waals surface area (Å²) in [6, 6.07) is 7.49. The van der Waals surface area contributed by atoms with Crippen molar-refractivity contribution in [2.75, 3.05) is 45.9 Å². The van der Waals surface area contributed by atoms with Crippen LogP contribution < -0.4 is 19.1 Å². The molecule has 0 bridgehead atoms. The molecule has 2 atom stereocenters. The van der Waals surface area contributed by atoms with E-state index in [1.807, 2.05) is 22.4 Å². The second kappa shape index (κ2) is 10.4. The number of benzene rings is 1. The molecule has 4 rings (SSSR count). The van der Waals surface area contributed by atoms with Crippen molar-refractivity contribution in [3.05, 3.63) is 34.5 Å². The Balaban J connectivity index is 1.53. The van der Waals surface area contributed by atoms with Crippen molar-refractivity contribution in [3.63, 3.8) is 0 Å². The van der Waals surface area contributed by atoms with Crippen molar-refractivity contribution in [1.29, 1.82) is 0 Å². The first-order valence-corrected chi connectivity index (χ1v) is 11.9. The molecular formula is C24H30N2O6S. The van der Waals surface area contributed by atoms with Gasteiger partial charge in [0.15, 0.2) is 11.5 Å². The van der Waals surface area contributed by atoms with Crippen LogP contribution in [0.2, 0.25) is 0 Å². The van der Waals surface area contributed by atoms with E-state index in [2.05, 4.69) is 0 Å². The van der Waals surface area contributed by atoms with Crippen LogP contribution in [0.25, 0.3) is 0 Å². The average molecular weight is 475 g/mol. The monoisotopic (exact) mass is 474 g/mol. The fourth-order valence-electron chi connectivity index (χ4n) is 4.46. The van der Waals surface area contributed by atoms with Gasteiger partial charge in [-0.05, 0) is 24.3 Å². The number of nitrogens with zero attached hydrogens (tertiary/aromatic N) is 2. The molecule has 1 aromatic carbocycles. The zero-order valence-corrected chi connectivity index (χ0v) is 20.1. The van der Waals surface area contributed by atoms with E-state index in [4.69, 9.17) is 18.9 Å². The minimum atomic E-state index is -0.419. The Kier molecular flexibility index (Phi) is 7.39. The summed E-state index contributed by atoms with van der Waals surface area (Å²) < 4.78 is 22.0. The molecule has 2 aromatic rings. The highest BCUT2D eigenvalue weighted by Crippen LogP contribution is 2.42. The van der Waals surface area contributed by atoms with Gasteiger partial charge >= 0.3 is 0 Å². The molecule has 2 saturated heterocycles. The van der Waals surface area contributed by atoms with Crippen LogP contribution in [-0.4, -0.2) is 63.8 Å². The fourth-order valence-corrected chi connectivity index (χ4v) is 5.18. The molecule has 1 aromatic heterocycles. The summed E-state index contributed by atoms with van der Waals surface area (Å²) in [5, 5.41) is 2.01. The predicted octanol–water partition coefficient (Wildman–Crippen LogP) is 3.33. The van der Waals surface area contributed by atoms with Crippen LogP contribution in [-0.2, 0) is 20.9 Å². The summed E-state index contributed by atoms with van der Waals surface area (Å²) in [4.78, 5) is 31.1. The topological polar surface area (TPSA) is 77.5 Å². The van der Waals surface area contributed by atoms with Gasteiger partial charge in [-0.2, -0.15) is 0 Å². The van der Waals surface area contributed by atoms with Crippen LogP contribution in [0.4, 0.5) is 5.69 Å². The molecule has 0 saturated carbocycles. The molecule has 2 amide bonds. The van der Waals surface area contributed by atoms with Crippen LogP contribution in [0.3, 0.4) is 0 Å². The van der Waals surface area contributed by atoms with E-state index in [1.165, 1.54) is 21.3 Å². The number of hydrogen-bond acceptors (Lipinski definition) is 7. The van der Waals surface area contributed by atoms with E-state index in [0.29, 0.717) is 42.6 Å². The molecule has 178 valence electrons. The summed E-state index contributed by atoms with van der Waals surface area (Å²) in [7, 11) is 4.60. The molecule has 0 aliphatic carbocycles. The van der Waals surface area contributed by atoms with Gasteiger partial charge in [0.2, 0.25) is 17.6 Å². The first-order chi connectivity index (χ1) is 16.0. The maximum Gasteiger partial charge on any atom is 0.228 e. The highest BCUT2D eigenvalue weighted by molar-refractivity contribution is 7.09. The van der Waals surface area contributed by atoms with Gasteiger partial charge in [-0.1, -0.05) is 6.07 Å². The first-order valence-electron chi connectivity index (χ1n) is 11.1. The molecule has 2 fully saturated rings. The third kappa shape index (κ3) is 5.09. The minimum Gasteiger partial charge on any atom is -0.493 e. The lowest BCUT2D eigenvalue weighted by Crippen LogP contribution is -2.41. The van der Waals surface area contributed by atoms with Gasteiger partial charge in [0.05, 0.1) is 45.6 Å². The van der Waals surface area contributed by atoms with Gasteiger partial charge < -0.3 is 28.7 Å². The van der Waals surface area contributed by atoms with Crippen molar-refractivity contribution in [3.8, 4) is 17.2 Å². The highest BCUT2D eigenvalue weighted by Gasteiger charge is 2.38. The summed E-state index contributed by atoms with van der Waals surface area (Å²) in [5.74, 6) is 0.858. The van der Waals surface area contributed by atoms with Crippen molar-refractivity contribution >= 4 is 28.8 Å². The molecule has 2 unspecified atom stereocenters. The van der Waals surface area contributed by atoms with Crippen molar-refractivity contribution in [1.82, 2.24) is 4.90 Å². The number of thiophene rings is 1. The molecule has 0 N–H and O–H groups in total. The van der Waals surface area contributed by atoms with Gasteiger partial charge in [-0.25, -0.2) is 0 Å². The summed E-state index contributed by atoms with van der Waals surface area (Å²) in [6.07, 6.45) is 2.19. The highest BCUT2D eigenvalue weighted by atomic mass is 32.1. The standard InChI is InChI=1S/C24H30N2O6S/c1-29-20-11-17(12-21(30-2)23(20)31-3)26-13-16(10-22(26)27)24(28)25(14-18-6-4-8-32-18)15-19-7-5-9-33-19/h5,7,9,11-12,16,18H,4,6,8,10,13-15H2,1-3H3. The molecule has 0 radical (unpaired) electrons. The number of rotatable bonds is 9. The van der Waals surface area contributed by atoms with E-state index in [-0.39, 0.29) is 24.3 Å². The van der Waals surface area contributed by atoms with Gasteiger partial charge in [0.25, 0.3) is 0 Å². The molecule has 2 aliphatic heterocycles. The van der Waals surface area contributed by atoms with Gasteiger partial charge in [0.1, 0.15) is 0 Å². The van der Waals surface area contributed by atoms with Gasteiger partial charge in [-0.3, -0.25) is 9.59 Å². The lowest BCUT2D eigenvalue weighted by molar-refractivity contribution is -0.138. The maximum absolute atomic E-state index is 13.6. The number of methoxy groups -OCH3 is 3. The third-order valence-electron chi connectivity index (χ3n) is 6.12. The third-order valence-corrected chi connectivity index (χ3v) is 6.98. The second-order valence-electron chi connectivity index (χ2n) is 8.22. The molecule has 8 nitrogen and oxygen atoms in total. The number of carbonyl (C=O) groups excluding carboxylic acids is 2. The molecule has 0 spiro atoms. The first kappa shape index (κ1) is 23.4. The smallest absolute Gasteiger partial charge is 0.228 e. The maximum atomic E-state index is 13.6. The van der Waals surface area contributed by atoms with Crippen LogP contribution in [0.1, 0.15) is 24.1 Å². The van der Waals surface area contributed by atoms with E-state index in [9.17, 15) is 9.59 Å². The molecule has 33 heavy (non-hydrogen) atoms. The van der Waals surface area contributed by atoms with E-state index in [1.54, 1.807) is 28.4 Å². The molecular weight excluding hydrogens is 444 g/mol. The van der Waals surface area contributed by atoms with Gasteiger partial charge in [0, 0.05) is 43.1 Å². The van der Waals surface area contributed by atoms with Crippen molar-refractivity contribution < 1.29 is 28.5 Å². The van der Waals surface area contributed by atoms with Crippen molar-refractivity contribution in [2.24, 2.45) is 5.92 Å². The lowest BCUT2D eigenvalue weighted by atomic mass is 10.1. The quantitative estimate of drug-likeness (QED) is 0.555. The normalized spacial score (nSPS) is 20.2. The number of ether oxygens (including phenoxy) is 4. The minimum absolute atomic E-state index is 0.0119. The predicted molar refractivity (Wildman–Crippen MR) is 125 cm³/mol.